The highest BCUT2D eigenvalue weighted by atomic mass is 79.9. The van der Waals surface area contributed by atoms with Crippen LogP contribution in [0.4, 0.5) is 0 Å². The van der Waals surface area contributed by atoms with Gasteiger partial charge in [-0.2, -0.15) is 0 Å². The first-order chi connectivity index (χ1) is 6.81. The highest BCUT2D eigenvalue weighted by Crippen LogP contribution is 2.30. The van der Waals surface area contributed by atoms with Crippen LogP contribution >= 0.6 is 15.9 Å². The molecule has 0 amide bonds. The number of halogens is 1. The number of nitrogens with two attached hydrogens (primary N) is 1. The Morgan fingerprint density at radius 3 is 3.00 bits per heavy atom. The SMILES string of the molecule is NCCC1=CCCc2cc(Br)ccc21. The van der Waals surface area contributed by atoms with E-state index in [1.807, 2.05) is 0 Å². The predicted octanol–water partition coefficient (Wildman–Crippen LogP) is 3.13. The third-order valence-electron chi connectivity index (χ3n) is 2.63. The molecular formula is C12H14BrN. The van der Waals surface area contributed by atoms with E-state index in [1.165, 1.54) is 21.2 Å². The maximum absolute atomic E-state index is 5.60. The van der Waals surface area contributed by atoms with Gasteiger partial charge in [-0.15, -0.1) is 0 Å². The fraction of sp³-hybridized carbons (Fsp3) is 0.333. The van der Waals surface area contributed by atoms with Gasteiger partial charge in [0, 0.05) is 4.47 Å². The Labute approximate surface area is 93.1 Å². The van der Waals surface area contributed by atoms with Crippen molar-refractivity contribution in [2.24, 2.45) is 5.73 Å². The number of aryl methyl sites for hydroxylation is 1. The summed E-state index contributed by atoms with van der Waals surface area (Å²) in [7, 11) is 0. The number of allylic oxidation sites excluding steroid dienone is 1. The number of benzene rings is 1. The first kappa shape index (κ1) is 9.94. The van der Waals surface area contributed by atoms with Crippen molar-refractivity contribution >= 4 is 21.5 Å². The van der Waals surface area contributed by atoms with Gasteiger partial charge in [0.1, 0.15) is 0 Å². The molecule has 1 aliphatic rings. The van der Waals surface area contributed by atoms with Crippen LogP contribution in [0, 0.1) is 0 Å². The van der Waals surface area contributed by atoms with E-state index in [0.29, 0.717) is 0 Å². The molecule has 1 aromatic rings. The predicted molar refractivity (Wildman–Crippen MR) is 64.1 cm³/mol. The molecule has 0 aliphatic heterocycles. The quantitative estimate of drug-likeness (QED) is 0.859. The summed E-state index contributed by atoms with van der Waals surface area (Å²) >= 11 is 3.51. The van der Waals surface area contributed by atoms with E-state index in [2.05, 4.69) is 40.2 Å². The molecule has 0 fully saturated rings. The third kappa shape index (κ3) is 1.91. The monoisotopic (exact) mass is 251 g/mol. The zero-order chi connectivity index (χ0) is 9.97. The lowest BCUT2D eigenvalue weighted by molar-refractivity contribution is 0.939. The first-order valence-electron chi connectivity index (χ1n) is 4.99. The van der Waals surface area contributed by atoms with Gasteiger partial charge in [0.15, 0.2) is 0 Å². The van der Waals surface area contributed by atoms with Crippen molar-refractivity contribution in [2.75, 3.05) is 6.54 Å². The molecule has 1 nitrogen and oxygen atoms in total. The maximum Gasteiger partial charge on any atom is 0.0178 e. The fourth-order valence-corrected chi connectivity index (χ4v) is 2.39. The van der Waals surface area contributed by atoms with Gasteiger partial charge in [0.05, 0.1) is 0 Å². The first-order valence-corrected chi connectivity index (χ1v) is 5.78. The van der Waals surface area contributed by atoms with Crippen molar-refractivity contribution in [3.05, 3.63) is 39.9 Å². The Bertz CT molecular complexity index is 369. The molecule has 2 rings (SSSR count). The molecular weight excluding hydrogens is 238 g/mol. The van der Waals surface area contributed by atoms with Crippen molar-refractivity contribution < 1.29 is 0 Å². The minimum Gasteiger partial charge on any atom is -0.330 e. The van der Waals surface area contributed by atoms with Gasteiger partial charge >= 0.3 is 0 Å². The van der Waals surface area contributed by atoms with Crippen LogP contribution in [0.5, 0.6) is 0 Å². The van der Waals surface area contributed by atoms with Crippen LogP contribution in [-0.4, -0.2) is 6.54 Å². The largest absolute Gasteiger partial charge is 0.330 e. The summed E-state index contributed by atoms with van der Waals surface area (Å²) < 4.78 is 1.17. The zero-order valence-corrected chi connectivity index (χ0v) is 9.68. The molecule has 0 heterocycles. The molecule has 0 spiro atoms. The topological polar surface area (TPSA) is 26.0 Å². The average Bonchev–Trinajstić information content (AvgIpc) is 2.18. The molecule has 0 aromatic heterocycles. The molecule has 0 saturated carbocycles. The summed E-state index contributed by atoms with van der Waals surface area (Å²) in [4.78, 5) is 0. The minimum atomic E-state index is 0.737. The van der Waals surface area contributed by atoms with Crippen LogP contribution < -0.4 is 5.73 Å². The van der Waals surface area contributed by atoms with E-state index in [9.17, 15) is 0 Å². The number of hydrogen-bond donors (Lipinski definition) is 1. The van der Waals surface area contributed by atoms with Crippen molar-refractivity contribution in [1.82, 2.24) is 0 Å². The van der Waals surface area contributed by atoms with Crippen molar-refractivity contribution in [1.29, 1.82) is 0 Å². The van der Waals surface area contributed by atoms with Crippen molar-refractivity contribution in [3.63, 3.8) is 0 Å². The van der Waals surface area contributed by atoms with Crippen LogP contribution in [0.15, 0.2) is 28.7 Å². The molecule has 0 atom stereocenters. The van der Waals surface area contributed by atoms with E-state index in [-0.39, 0.29) is 0 Å². The summed E-state index contributed by atoms with van der Waals surface area (Å²) in [5, 5.41) is 0. The smallest absolute Gasteiger partial charge is 0.0178 e. The lowest BCUT2D eigenvalue weighted by atomic mass is 9.89. The maximum atomic E-state index is 5.60. The number of fused-ring (bicyclic) bond motifs is 1. The van der Waals surface area contributed by atoms with E-state index in [0.717, 1.165) is 25.8 Å². The van der Waals surface area contributed by atoms with Gasteiger partial charge in [0.2, 0.25) is 0 Å². The molecule has 0 bridgehead atoms. The molecule has 1 aromatic carbocycles. The molecule has 2 heteroatoms. The summed E-state index contributed by atoms with van der Waals surface area (Å²) in [5.74, 6) is 0. The minimum absolute atomic E-state index is 0.737. The van der Waals surface area contributed by atoms with Gasteiger partial charge < -0.3 is 5.73 Å². The summed E-state index contributed by atoms with van der Waals surface area (Å²) in [6, 6.07) is 6.52. The molecule has 14 heavy (non-hydrogen) atoms. The lowest BCUT2D eigenvalue weighted by Crippen LogP contribution is -2.05. The Kier molecular flexibility index (Phi) is 3.04. The summed E-state index contributed by atoms with van der Waals surface area (Å²) in [5.41, 5.74) is 9.86. The fourth-order valence-electron chi connectivity index (χ4n) is 1.99. The molecule has 0 radical (unpaired) electrons. The Morgan fingerprint density at radius 2 is 2.21 bits per heavy atom. The van der Waals surface area contributed by atoms with E-state index < -0.39 is 0 Å². The highest BCUT2D eigenvalue weighted by Gasteiger charge is 2.11. The van der Waals surface area contributed by atoms with Gasteiger partial charge in [-0.05, 0) is 54.6 Å². The third-order valence-corrected chi connectivity index (χ3v) is 3.12. The van der Waals surface area contributed by atoms with Crippen LogP contribution in [0.25, 0.3) is 5.57 Å². The van der Waals surface area contributed by atoms with Gasteiger partial charge in [-0.3, -0.25) is 0 Å². The number of rotatable bonds is 2. The zero-order valence-electron chi connectivity index (χ0n) is 8.09. The normalized spacial score (nSPS) is 14.9. The van der Waals surface area contributed by atoms with E-state index in [4.69, 9.17) is 5.73 Å². The molecule has 1 aliphatic carbocycles. The number of hydrogen-bond acceptors (Lipinski definition) is 1. The Morgan fingerprint density at radius 1 is 1.36 bits per heavy atom. The van der Waals surface area contributed by atoms with Crippen molar-refractivity contribution in [2.45, 2.75) is 19.3 Å². The second kappa shape index (κ2) is 4.28. The van der Waals surface area contributed by atoms with Crippen molar-refractivity contribution in [3.8, 4) is 0 Å². The van der Waals surface area contributed by atoms with Crippen LogP contribution in [-0.2, 0) is 6.42 Å². The van der Waals surface area contributed by atoms with Gasteiger partial charge in [-0.25, -0.2) is 0 Å². The standard InChI is InChI=1S/C12H14BrN/c13-11-4-5-12-9(6-7-14)2-1-3-10(12)8-11/h2,4-5,8H,1,3,6-7,14H2. The average molecular weight is 252 g/mol. The van der Waals surface area contributed by atoms with Gasteiger partial charge in [-0.1, -0.05) is 28.1 Å². The van der Waals surface area contributed by atoms with E-state index in [1.54, 1.807) is 0 Å². The second-order valence-corrected chi connectivity index (χ2v) is 4.52. The lowest BCUT2D eigenvalue weighted by Gasteiger charge is -2.17. The molecule has 0 saturated heterocycles. The Hall–Kier alpha value is -0.600. The van der Waals surface area contributed by atoms with E-state index >= 15 is 0 Å². The molecule has 0 unspecified atom stereocenters. The Balaban J connectivity index is 2.38. The van der Waals surface area contributed by atoms with Gasteiger partial charge in [0.25, 0.3) is 0 Å². The molecule has 2 N–H and O–H groups in total. The second-order valence-electron chi connectivity index (χ2n) is 3.61. The van der Waals surface area contributed by atoms with Crippen LogP contribution in [0.2, 0.25) is 0 Å². The van der Waals surface area contributed by atoms with Crippen LogP contribution in [0.3, 0.4) is 0 Å². The summed E-state index contributed by atoms with van der Waals surface area (Å²) in [6.45, 7) is 0.737. The highest BCUT2D eigenvalue weighted by molar-refractivity contribution is 9.10. The van der Waals surface area contributed by atoms with Crippen LogP contribution in [0.1, 0.15) is 24.0 Å². The molecule has 74 valence electrons. The summed E-state index contributed by atoms with van der Waals surface area (Å²) in [6.07, 6.45) is 5.62.